The number of anilines is 1. The van der Waals surface area contributed by atoms with Crippen LogP contribution in [0.4, 0.5) is 5.82 Å². The highest BCUT2D eigenvalue weighted by molar-refractivity contribution is 6.02. The van der Waals surface area contributed by atoms with Crippen molar-refractivity contribution in [2.24, 2.45) is 0 Å². The number of carbonyl (C=O) groups excluding carboxylic acids is 1. The van der Waals surface area contributed by atoms with E-state index in [1.54, 1.807) is 30.5 Å². The molecule has 0 bridgehead atoms. The molecule has 0 spiro atoms. The summed E-state index contributed by atoms with van der Waals surface area (Å²) in [6.07, 6.45) is 7.16. The molecule has 2 heterocycles. The molecule has 5 heteroatoms. The molecule has 0 aliphatic rings. The fraction of sp³-hybridized carbons (Fsp3) is 0.0400. The van der Waals surface area contributed by atoms with Crippen LogP contribution in [0.3, 0.4) is 0 Å². The topological polar surface area (TPSA) is 78.7 Å². The lowest BCUT2D eigenvalue weighted by molar-refractivity contribution is 0.101. The van der Waals surface area contributed by atoms with Crippen LogP contribution in [0.25, 0.3) is 33.3 Å². The van der Waals surface area contributed by atoms with Gasteiger partial charge in [-0.25, -0.2) is 4.98 Å². The van der Waals surface area contributed by atoms with Gasteiger partial charge < -0.3 is 0 Å². The van der Waals surface area contributed by atoms with Crippen LogP contribution in [0.2, 0.25) is 0 Å². The smallest absolute Gasteiger partial charge is 0.163 e. The molecule has 2 aromatic heterocycles. The van der Waals surface area contributed by atoms with E-state index in [1.165, 1.54) is 6.92 Å². The highest BCUT2D eigenvalue weighted by Gasteiger charge is 2.18. The van der Waals surface area contributed by atoms with Crippen molar-refractivity contribution in [3.63, 3.8) is 0 Å². The first-order valence-corrected chi connectivity index (χ1v) is 9.24. The van der Waals surface area contributed by atoms with E-state index in [0.717, 1.165) is 27.6 Å². The Morgan fingerprint density at radius 1 is 1.07 bits per heavy atom. The molecule has 0 radical (unpaired) electrons. The summed E-state index contributed by atoms with van der Waals surface area (Å²) in [5.74, 6) is 0.162. The summed E-state index contributed by atoms with van der Waals surface area (Å²) in [5.41, 5.74) is 4.82. The van der Waals surface area contributed by atoms with Crippen LogP contribution in [0.15, 0.2) is 66.9 Å². The summed E-state index contributed by atoms with van der Waals surface area (Å²) in [7, 11) is 0. The second-order valence-electron chi connectivity index (χ2n) is 6.71. The van der Waals surface area contributed by atoms with E-state index in [2.05, 4.69) is 27.4 Å². The van der Waals surface area contributed by atoms with Gasteiger partial charge in [-0.05, 0) is 48.9 Å². The minimum Gasteiger partial charge on any atom is -0.299 e. The molecule has 0 atom stereocenters. The van der Waals surface area contributed by atoms with Crippen LogP contribution in [-0.4, -0.2) is 15.8 Å². The Balaban J connectivity index is 2.03. The molecule has 0 saturated heterocycles. The monoisotopic (exact) mass is 388 g/mol. The lowest BCUT2D eigenvalue weighted by Crippen LogP contribution is -2.05. The number of carbonyl (C=O) groups is 1. The average molecular weight is 388 g/mol. The Labute approximate surface area is 174 Å². The predicted octanol–water partition coefficient (Wildman–Crippen LogP) is 5.04. The van der Waals surface area contributed by atoms with Crippen molar-refractivity contribution in [2.75, 3.05) is 5.32 Å². The fourth-order valence-corrected chi connectivity index (χ4v) is 3.36. The number of nitriles is 1. The molecule has 0 saturated carbocycles. The molecule has 4 rings (SSSR count). The molecular weight excluding hydrogens is 372 g/mol. The second kappa shape index (κ2) is 7.87. The maximum Gasteiger partial charge on any atom is 0.163 e. The summed E-state index contributed by atoms with van der Waals surface area (Å²) < 4.78 is 0. The molecule has 2 aromatic carbocycles. The second-order valence-corrected chi connectivity index (χ2v) is 6.71. The summed E-state index contributed by atoms with van der Waals surface area (Å²) in [6.45, 7) is 1.47. The third kappa shape index (κ3) is 3.48. The first-order chi connectivity index (χ1) is 14.6. The van der Waals surface area contributed by atoms with Crippen molar-refractivity contribution >= 4 is 22.5 Å². The Morgan fingerprint density at radius 3 is 2.70 bits per heavy atom. The standard InChI is InChI=1S/C25H16N4O/c1-3-27-25-21(16(2)30)14-22(18-9-10-23-19(13-18)8-5-11-28-23)24(29-25)20-7-4-6-17(12-20)15-26/h1,4-14H,2H3,(H,27,29). The summed E-state index contributed by atoms with van der Waals surface area (Å²) in [6, 6.07) is 23.2. The van der Waals surface area contributed by atoms with Gasteiger partial charge in [0.15, 0.2) is 5.78 Å². The lowest BCUT2D eigenvalue weighted by Gasteiger charge is -2.15. The maximum absolute atomic E-state index is 12.3. The Kier molecular flexibility index (Phi) is 4.95. The summed E-state index contributed by atoms with van der Waals surface area (Å²) in [4.78, 5) is 21.3. The van der Waals surface area contributed by atoms with E-state index in [9.17, 15) is 10.1 Å². The highest BCUT2D eigenvalue weighted by Crippen LogP contribution is 2.35. The van der Waals surface area contributed by atoms with Crippen molar-refractivity contribution in [1.82, 2.24) is 9.97 Å². The first-order valence-electron chi connectivity index (χ1n) is 9.24. The normalized spacial score (nSPS) is 10.2. The van der Waals surface area contributed by atoms with E-state index >= 15 is 0 Å². The van der Waals surface area contributed by atoms with Crippen molar-refractivity contribution < 1.29 is 4.79 Å². The maximum atomic E-state index is 12.3. The van der Waals surface area contributed by atoms with Gasteiger partial charge in [0.25, 0.3) is 0 Å². The number of rotatable bonds is 4. The van der Waals surface area contributed by atoms with Crippen LogP contribution < -0.4 is 5.32 Å². The highest BCUT2D eigenvalue weighted by atomic mass is 16.1. The quantitative estimate of drug-likeness (QED) is 0.301. The van der Waals surface area contributed by atoms with Crippen molar-refractivity contribution in [3.05, 3.63) is 78.0 Å². The fourth-order valence-electron chi connectivity index (χ4n) is 3.36. The number of terminal acetylenes is 1. The van der Waals surface area contributed by atoms with Crippen molar-refractivity contribution in [1.29, 1.82) is 5.26 Å². The predicted molar refractivity (Wildman–Crippen MR) is 118 cm³/mol. The van der Waals surface area contributed by atoms with Gasteiger partial charge in [0.1, 0.15) is 5.82 Å². The number of hydrogen-bond acceptors (Lipinski definition) is 5. The van der Waals surface area contributed by atoms with E-state index in [0.29, 0.717) is 22.6 Å². The molecule has 0 fully saturated rings. The molecule has 0 aliphatic carbocycles. The van der Waals surface area contributed by atoms with Gasteiger partial charge in [0, 0.05) is 28.8 Å². The summed E-state index contributed by atoms with van der Waals surface area (Å²) >= 11 is 0. The number of pyridine rings is 2. The zero-order chi connectivity index (χ0) is 21.1. The van der Waals surface area contributed by atoms with Gasteiger partial charge in [-0.1, -0.05) is 30.7 Å². The van der Waals surface area contributed by atoms with E-state index in [4.69, 9.17) is 6.42 Å². The minimum absolute atomic E-state index is 0.152. The van der Waals surface area contributed by atoms with Crippen LogP contribution in [0.5, 0.6) is 0 Å². The zero-order valence-electron chi connectivity index (χ0n) is 16.2. The van der Waals surface area contributed by atoms with Crippen molar-refractivity contribution in [3.8, 4) is 40.9 Å². The van der Waals surface area contributed by atoms with Gasteiger partial charge in [0.2, 0.25) is 0 Å². The molecule has 0 amide bonds. The SMILES string of the molecule is C#CNc1nc(-c2cccc(C#N)c2)c(-c2ccc3ncccc3c2)cc1C(C)=O. The Morgan fingerprint density at radius 2 is 1.93 bits per heavy atom. The molecule has 1 N–H and O–H groups in total. The number of Topliss-reactive ketones (excluding diaryl/α,β-unsaturated/α-hetero) is 1. The van der Waals surface area contributed by atoms with Gasteiger partial charge in [-0.15, -0.1) is 0 Å². The molecule has 5 nitrogen and oxygen atoms in total. The lowest BCUT2D eigenvalue weighted by atomic mass is 9.95. The number of fused-ring (bicyclic) bond motifs is 1. The number of hydrogen-bond donors (Lipinski definition) is 1. The van der Waals surface area contributed by atoms with Crippen LogP contribution in [0, 0.1) is 23.8 Å². The Bertz CT molecular complexity index is 1380. The van der Waals surface area contributed by atoms with Crippen LogP contribution >= 0.6 is 0 Å². The number of aromatic nitrogens is 2. The van der Waals surface area contributed by atoms with Gasteiger partial charge >= 0.3 is 0 Å². The average Bonchev–Trinajstić information content (AvgIpc) is 2.78. The number of nitrogens with zero attached hydrogens (tertiary/aromatic N) is 3. The van der Waals surface area contributed by atoms with Gasteiger partial charge in [0.05, 0.1) is 28.4 Å². The number of ketones is 1. The number of nitrogens with one attached hydrogen (secondary N) is 1. The zero-order valence-corrected chi connectivity index (χ0v) is 16.2. The molecule has 0 aliphatic heterocycles. The molecule has 0 unspecified atom stereocenters. The van der Waals surface area contributed by atoms with Crippen molar-refractivity contribution in [2.45, 2.75) is 6.92 Å². The largest absolute Gasteiger partial charge is 0.299 e. The third-order valence-corrected chi connectivity index (χ3v) is 4.77. The first kappa shape index (κ1) is 18.9. The molecule has 30 heavy (non-hydrogen) atoms. The van der Waals surface area contributed by atoms with E-state index in [1.807, 2.05) is 36.4 Å². The number of benzene rings is 2. The van der Waals surface area contributed by atoms with E-state index in [-0.39, 0.29) is 5.78 Å². The molecular formula is C25H16N4O. The van der Waals surface area contributed by atoms with Crippen LogP contribution in [0.1, 0.15) is 22.8 Å². The van der Waals surface area contributed by atoms with Crippen LogP contribution in [-0.2, 0) is 0 Å². The third-order valence-electron chi connectivity index (χ3n) is 4.77. The molecule has 4 aromatic rings. The Hall–Kier alpha value is -4.48. The van der Waals surface area contributed by atoms with Gasteiger partial charge in [-0.3, -0.25) is 15.1 Å². The van der Waals surface area contributed by atoms with Gasteiger partial charge in [-0.2, -0.15) is 5.26 Å². The molecule has 142 valence electrons. The van der Waals surface area contributed by atoms with E-state index < -0.39 is 0 Å². The minimum atomic E-state index is -0.152. The summed E-state index contributed by atoms with van der Waals surface area (Å²) in [5, 5.41) is 13.0.